The lowest BCUT2D eigenvalue weighted by Gasteiger charge is -2.12. The van der Waals surface area contributed by atoms with E-state index < -0.39 is 0 Å². The summed E-state index contributed by atoms with van der Waals surface area (Å²) in [5, 5.41) is 5.66. The van der Waals surface area contributed by atoms with Crippen molar-refractivity contribution in [2.75, 3.05) is 25.6 Å². The number of hydrogen-bond acceptors (Lipinski definition) is 4. The minimum absolute atomic E-state index is 0.0796. The Morgan fingerprint density at radius 2 is 1.88 bits per heavy atom. The molecular formula is C20H22N2O4. The van der Waals surface area contributed by atoms with Gasteiger partial charge in [0.05, 0.1) is 18.9 Å². The maximum Gasteiger partial charge on any atom is 0.255 e. The molecule has 1 fully saturated rings. The smallest absolute Gasteiger partial charge is 0.255 e. The summed E-state index contributed by atoms with van der Waals surface area (Å²) in [6, 6.07) is 13.8. The normalized spacial score (nSPS) is 16.1. The number of anilines is 1. The monoisotopic (exact) mass is 354 g/mol. The zero-order chi connectivity index (χ0) is 18.4. The first-order valence-electron chi connectivity index (χ1n) is 8.61. The first kappa shape index (κ1) is 17.9. The van der Waals surface area contributed by atoms with Crippen LogP contribution >= 0.6 is 0 Å². The van der Waals surface area contributed by atoms with Gasteiger partial charge in [0.1, 0.15) is 5.75 Å². The van der Waals surface area contributed by atoms with Crippen molar-refractivity contribution in [3.63, 3.8) is 0 Å². The van der Waals surface area contributed by atoms with Gasteiger partial charge in [0.2, 0.25) is 0 Å². The summed E-state index contributed by atoms with van der Waals surface area (Å²) in [5.41, 5.74) is 1.42. The Labute approximate surface area is 152 Å². The van der Waals surface area contributed by atoms with Gasteiger partial charge in [-0.2, -0.15) is 0 Å². The molecule has 6 heteroatoms. The lowest BCUT2D eigenvalue weighted by molar-refractivity contribution is 0.0858. The van der Waals surface area contributed by atoms with Crippen molar-refractivity contribution in [2.45, 2.75) is 18.9 Å². The van der Waals surface area contributed by atoms with Gasteiger partial charge < -0.3 is 20.1 Å². The zero-order valence-corrected chi connectivity index (χ0v) is 14.7. The number of carbonyl (C=O) groups is 2. The van der Waals surface area contributed by atoms with Gasteiger partial charge in [0.25, 0.3) is 11.8 Å². The molecule has 6 nitrogen and oxygen atoms in total. The molecule has 1 atom stereocenters. The fraction of sp³-hybridized carbons (Fsp3) is 0.300. The summed E-state index contributed by atoms with van der Waals surface area (Å²) in [6.07, 6.45) is 2.07. The molecule has 2 amide bonds. The summed E-state index contributed by atoms with van der Waals surface area (Å²) < 4.78 is 10.7. The molecule has 1 aliphatic rings. The van der Waals surface area contributed by atoms with E-state index in [0.29, 0.717) is 29.1 Å². The standard InChI is InChI=1S/C20H22N2O4/c1-25-18-10-3-2-9-17(18)22-20(24)15-7-4-6-14(12-15)19(23)21-13-16-8-5-11-26-16/h2-4,6-7,9-10,12,16H,5,8,11,13H2,1H3,(H,21,23)(H,22,24). The van der Waals surface area contributed by atoms with Gasteiger partial charge in [0.15, 0.2) is 0 Å². The third-order valence-corrected chi connectivity index (χ3v) is 4.26. The molecule has 0 aromatic heterocycles. The Bertz CT molecular complexity index is 785. The average molecular weight is 354 g/mol. The van der Waals surface area contributed by atoms with Crippen LogP contribution in [0.15, 0.2) is 48.5 Å². The van der Waals surface area contributed by atoms with Gasteiger partial charge in [-0.25, -0.2) is 0 Å². The fourth-order valence-electron chi connectivity index (χ4n) is 2.86. The summed E-state index contributed by atoms with van der Waals surface area (Å²) in [5.74, 6) is 0.0574. The number of ether oxygens (including phenoxy) is 2. The molecule has 1 unspecified atom stereocenters. The molecule has 0 radical (unpaired) electrons. The molecule has 1 aliphatic heterocycles. The van der Waals surface area contributed by atoms with Crippen LogP contribution in [0.3, 0.4) is 0 Å². The second-order valence-electron chi connectivity index (χ2n) is 6.08. The van der Waals surface area contributed by atoms with Gasteiger partial charge >= 0.3 is 0 Å². The molecular weight excluding hydrogens is 332 g/mol. The van der Waals surface area contributed by atoms with E-state index in [1.165, 1.54) is 0 Å². The van der Waals surface area contributed by atoms with Crippen LogP contribution in [0.2, 0.25) is 0 Å². The van der Waals surface area contributed by atoms with Gasteiger partial charge in [-0.1, -0.05) is 18.2 Å². The Morgan fingerprint density at radius 1 is 1.12 bits per heavy atom. The lowest BCUT2D eigenvalue weighted by Crippen LogP contribution is -2.31. The number of carbonyl (C=O) groups excluding carboxylic acids is 2. The Hall–Kier alpha value is -2.86. The van der Waals surface area contributed by atoms with Crippen molar-refractivity contribution < 1.29 is 19.1 Å². The van der Waals surface area contributed by atoms with E-state index in [1.807, 2.05) is 12.1 Å². The highest BCUT2D eigenvalue weighted by molar-refractivity contribution is 6.06. The van der Waals surface area contributed by atoms with Crippen LogP contribution in [-0.2, 0) is 4.74 Å². The molecule has 136 valence electrons. The van der Waals surface area contributed by atoms with E-state index >= 15 is 0 Å². The second-order valence-corrected chi connectivity index (χ2v) is 6.08. The summed E-state index contributed by atoms with van der Waals surface area (Å²) in [4.78, 5) is 24.8. The van der Waals surface area contributed by atoms with Crippen molar-refractivity contribution in [3.05, 3.63) is 59.7 Å². The molecule has 1 heterocycles. The molecule has 0 saturated carbocycles. The zero-order valence-electron chi connectivity index (χ0n) is 14.7. The number of benzene rings is 2. The van der Waals surface area contributed by atoms with E-state index in [2.05, 4.69) is 10.6 Å². The molecule has 1 saturated heterocycles. The minimum Gasteiger partial charge on any atom is -0.495 e. The topological polar surface area (TPSA) is 76.7 Å². The number of rotatable bonds is 6. The summed E-state index contributed by atoms with van der Waals surface area (Å²) >= 11 is 0. The highest BCUT2D eigenvalue weighted by atomic mass is 16.5. The summed E-state index contributed by atoms with van der Waals surface area (Å²) in [6.45, 7) is 1.23. The van der Waals surface area contributed by atoms with Crippen LogP contribution in [-0.4, -0.2) is 38.2 Å². The first-order chi connectivity index (χ1) is 12.7. The Kier molecular flexibility index (Phi) is 5.86. The van der Waals surface area contributed by atoms with Crippen molar-refractivity contribution in [1.82, 2.24) is 5.32 Å². The predicted molar refractivity (Wildman–Crippen MR) is 98.7 cm³/mol. The molecule has 2 aromatic rings. The predicted octanol–water partition coefficient (Wildman–Crippen LogP) is 2.86. The fourth-order valence-corrected chi connectivity index (χ4v) is 2.86. The van der Waals surface area contributed by atoms with Crippen molar-refractivity contribution in [2.24, 2.45) is 0 Å². The van der Waals surface area contributed by atoms with E-state index in [0.717, 1.165) is 19.4 Å². The van der Waals surface area contributed by atoms with Crippen LogP contribution in [0, 0.1) is 0 Å². The van der Waals surface area contributed by atoms with E-state index in [4.69, 9.17) is 9.47 Å². The number of hydrogen-bond donors (Lipinski definition) is 2. The molecule has 26 heavy (non-hydrogen) atoms. The molecule has 2 aromatic carbocycles. The highest BCUT2D eigenvalue weighted by Gasteiger charge is 2.17. The van der Waals surface area contributed by atoms with Crippen LogP contribution in [0.5, 0.6) is 5.75 Å². The SMILES string of the molecule is COc1ccccc1NC(=O)c1cccc(C(=O)NCC2CCCO2)c1. The van der Waals surface area contributed by atoms with Gasteiger partial charge in [0, 0.05) is 24.3 Å². The van der Waals surface area contributed by atoms with Crippen LogP contribution in [0.25, 0.3) is 0 Å². The maximum atomic E-state index is 12.5. The van der Waals surface area contributed by atoms with E-state index in [9.17, 15) is 9.59 Å². The Balaban J connectivity index is 1.65. The highest BCUT2D eigenvalue weighted by Crippen LogP contribution is 2.23. The van der Waals surface area contributed by atoms with E-state index in [1.54, 1.807) is 43.5 Å². The van der Waals surface area contributed by atoms with Gasteiger partial charge in [-0.05, 0) is 43.2 Å². The third kappa shape index (κ3) is 4.40. The van der Waals surface area contributed by atoms with Crippen molar-refractivity contribution >= 4 is 17.5 Å². The molecule has 2 N–H and O–H groups in total. The van der Waals surface area contributed by atoms with Crippen LogP contribution in [0.4, 0.5) is 5.69 Å². The van der Waals surface area contributed by atoms with Gasteiger partial charge in [-0.3, -0.25) is 9.59 Å². The maximum absolute atomic E-state index is 12.5. The quantitative estimate of drug-likeness (QED) is 0.836. The number of methoxy groups -OCH3 is 1. The Morgan fingerprint density at radius 3 is 2.62 bits per heavy atom. The van der Waals surface area contributed by atoms with Crippen LogP contribution in [0.1, 0.15) is 33.6 Å². The molecule has 0 bridgehead atoms. The minimum atomic E-state index is -0.303. The first-order valence-corrected chi connectivity index (χ1v) is 8.61. The van der Waals surface area contributed by atoms with Crippen molar-refractivity contribution in [1.29, 1.82) is 0 Å². The molecule has 0 spiro atoms. The third-order valence-electron chi connectivity index (χ3n) is 4.26. The lowest BCUT2D eigenvalue weighted by atomic mass is 10.1. The molecule has 0 aliphatic carbocycles. The molecule has 3 rings (SSSR count). The number of nitrogens with one attached hydrogen (secondary N) is 2. The summed E-state index contributed by atoms with van der Waals surface area (Å²) in [7, 11) is 1.55. The van der Waals surface area contributed by atoms with E-state index in [-0.39, 0.29) is 17.9 Å². The number of para-hydroxylation sites is 2. The average Bonchev–Trinajstić information content (AvgIpc) is 3.20. The largest absolute Gasteiger partial charge is 0.495 e. The number of amides is 2. The van der Waals surface area contributed by atoms with Crippen molar-refractivity contribution in [3.8, 4) is 5.75 Å². The second kappa shape index (κ2) is 8.49. The van der Waals surface area contributed by atoms with Crippen LogP contribution < -0.4 is 15.4 Å². The van der Waals surface area contributed by atoms with Gasteiger partial charge in [-0.15, -0.1) is 0 Å².